The smallest absolute Gasteiger partial charge is 0.274 e. The van der Waals surface area contributed by atoms with Gasteiger partial charge in [0.1, 0.15) is 5.82 Å². The van der Waals surface area contributed by atoms with E-state index >= 15 is 0 Å². The highest BCUT2D eigenvalue weighted by Crippen LogP contribution is 2.19. The van der Waals surface area contributed by atoms with Crippen molar-refractivity contribution in [1.82, 2.24) is 5.32 Å². The van der Waals surface area contributed by atoms with Crippen molar-refractivity contribution in [3.63, 3.8) is 0 Å². The lowest BCUT2D eigenvalue weighted by atomic mass is 10.1. The highest BCUT2D eigenvalue weighted by molar-refractivity contribution is 5.51. The van der Waals surface area contributed by atoms with Gasteiger partial charge in [0.15, 0.2) is 0 Å². The summed E-state index contributed by atoms with van der Waals surface area (Å²) in [5.74, 6) is -0.624. The van der Waals surface area contributed by atoms with Crippen LogP contribution in [0.2, 0.25) is 0 Å². The van der Waals surface area contributed by atoms with Gasteiger partial charge in [-0.05, 0) is 32.0 Å². The van der Waals surface area contributed by atoms with Gasteiger partial charge in [0.25, 0.3) is 5.69 Å². The van der Waals surface area contributed by atoms with Crippen LogP contribution in [0, 0.1) is 15.9 Å². The minimum absolute atomic E-state index is 0.258. The lowest BCUT2D eigenvalue weighted by molar-refractivity contribution is -0.385. The number of benzene rings is 1. The second kappa shape index (κ2) is 7.16. The molecule has 1 aromatic rings. The second-order valence-electron chi connectivity index (χ2n) is 4.70. The third-order valence-electron chi connectivity index (χ3n) is 3.16. The lowest BCUT2D eigenvalue weighted by Crippen LogP contribution is -2.33. The Bertz CT molecular complexity index is 464. The van der Waals surface area contributed by atoms with Crippen molar-refractivity contribution < 1.29 is 14.1 Å². The zero-order valence-corrected chi connectivity index (χ0v) is 11.1. The summed E-state index contributed by atoms with van der Waals surface area (Å²) in [7, 11) is 0. The van der Waals surface area contributed by atoms with Crippen molar-refractivity contribution in [3.8, 4) is 0 Å². The van der Waals surface area contributed by atoms with Crippen molar-refractivity contribution in [2.75, 3.05) is 31.6 Å². The van der Waals surface area contributed by atoms with E-state index < -0.39 is 10.7 Å². The molecule has 1 aliphatic heterocycles. The topological polar surface area (TPSA) is 76.4 Å². The molecule has 0 unspecified atom stereocenters. The first-order valence-corrected chi connectivity index (χ1v) is 6.66. The molecule has 2 rings (SSSR count). The first-order chi connectivity index (χ1) is 9.65. The molecule has 0 spiro atoms. The summed E-state index contributed by atoms with van der Waals surface area (Å²) in [5, 5.41) is 16.8. The van der Waals surface area contributed by atoms with Gasteiger partial charge < -0.3 is 15.4 Å². The molecule has 2 N–H and O–H groups in total. The Labute approximate surface area is 116 Å². The number of halogens is 1. The zero-order valence-electron chi connectivity index (χ0n) is 11.1. The Kier molecular flexibility index (Phi) is 5.25. The first kappa shape index (κ1) is 14.7. The van der Waals surface area contributed by atoms with Crippen LogP contribution in [0.15, 0.2) is 18.2 Å². The summed E-state index contributed by atoms with van der Waals surface area (Å²) in [6.45, 7) is 2.92. The fourth-order valence-electron chi connectivity index (χ4n) is 2.16. The Balaban J connectivity index is 1.77. The van der Waals surface area contributed by atoms with E-state index in [0.29, 0.717) is 18.8 Å². The predicted octanol–water partition coefficient (Wildman–Crippen LogP) is 1.91. The largest absolute Gasteiger partial charge is 0.382 e. The minimum atomic E-state index is -0.624. The first-order valence-electron chi connectivity index (χ1n) is 6.66. The summed E-state index contributed by atoms with van der Waals surface area (Å²) >= 11 is 0. The van der Waals surface area contributed by atoms with Crippen molar-refractivity contribution in [3.05, 3.63) is 34.1 Å². The molecular formula is C13H18FN3O3. The number of ether oxygens (including phenoxy) is 1. The molecule has 1 aliphatic rings. The fourth-order valence-corrected chi connectivity index (χ4v) is 2.16. The molecule has 6 nitrogen and oxygen atoms in total. The quantitative estimate of drug-likeness (QED) is 0.474. The highest BCUT2D eigenvalue weighted by Gasteiger charge is 2.13. The monoisotopic (exact) mass is 283 g/mol. The predicted molar refractivity (Wildman–Crippen MR) is 73.4 cm³/mol. The van der Waals surface area contributed by atoms with E-state index in [1.54, 1.807) is 0 Å². The average molecular weight is 283 g/mol. The molecule has 1 fully saturated rings. The summed E-state index contributed by atoms with van der Waals surface area (Å²) in [4.78, 5) is 10.0. The van der Waals surface area contributed by atoms with Crippen molar-refractivity contribution in [1.29, 1.82) is 0 Å². The fraction of sp³-hybridized carbons (Fsp3) is 0.538. The number of non-ortho nitro benzene ring substituents is 1. The summed E-state index contributed by atoms with van der Waals surface area (Å²) in [5.41, 5.74) is 0.136. The van der Waals surface area contributed by atoms with Crippen LogP contribution in [0.25, 0.3) is 0 Å². The van der Waals surface area contributed by atoms with Gasteiger partial charge in [-0.1, -0.05) is 0 Å². The molecule has 1 saturated heterocycles. The van der Waals surface area contributed by atoms with E-state index in [1.165, 1.54) is 12.1 Å². The maximum absolute atomic E-state index is 13.2. The Morgan fingerprint density at radius 3 is 2.85 bits per heavy atom. The Morgan fingerprint density at radius 1 is 1.40 bits per heavy atom. The van der Waals surface area contributed by atoms with E-state index in [2.05, 4.69) is 10.6 Å². The average Bonchev–Trinajstić information content (AvgIpc) is 2.44. The number of nitrogens with one attached hydrogen (secondary N) is 2. The van der Waals surface area contributed by atoms with Gasteiger partial charge in [0.05, 0.1) is 23.7 Å². The van der Waals surface area contributed by atoms with E-state index in [9.17, 15) is 14.5 Å². The molecule has 0 aliphatic carbocycles. The number of nitro benzene ring substituents is 1. The molecule has 0 radical (unpaired) electrons. The van der Waals surface area contributed by atoms with Crippen LogP contribution in [0.1, 0.15) is 12.8 Å². The van der Waals surface area contributed by atoms with Gasteiger partial charge in [-0.25, -0.2) is 4.39 Å². The van der Waals surface area contributed by atoms with Crippen LogP contribution in [-0.4, -0.2) is 37.3 Å². The maximum Gasteiger partial charge on any atom is 0.274 e. The standard InChI is InChI=1S/C13H18FN3O3/c14-10-7-11(9-12(8-10)17(18)19)16-5-6-20-13-1-3-15-4-2-13/h7-9,13,15-16H,1-6H2. The van der Waals surface area contributed by atoms with Gasteiger partial charge in [0, 0.05) is 18.3 Å². The minimum Gasteiger partial charge on any atom is -0.382 e. The van der Waals surface area contributed by atoms with Gasteiger partial charge in [-0.3, -0.25) is 10.1 Å². The normalized spacial score (nSPS) is 16.1. The molecule has 7 heteroatoms. The third kappa shape index (κ3) is 4.43. The SMILES string of the molecule is O=[N+]([O-])c1cc(F)cc(NCCOC2CCNCC2)c1. The zero-order chi connectivity index (χ0) is 14.4. The van der Waals surface area contributed by atoms with Gasteiger partial charge in [-0.2, -0.15) is 0 Å². The lowest BCUT2D eigenvalue weighted by Gasteiger charge is -2.23. The van der Waals surface area contributed by atoms with Crippen molar-refractivity contribution >= 4 is 11.4 Å². The highest BCUT2D eigenvalue weighted by atomic mass is 19.1. The van der Waals surface area contributed by atoms with E-state index in [0.717, 1.165) is 32.0 Å². The summed E-state index contributed by atoms with van der Waals surface area (Å²) < 4.78 is 18.9. The van der Waals surface area contributed by atoms with Crippen LogP contribution >= 0.6 is 0 Å². The number of hydrogen-bond acceptors (Lipinski definition) is 5. The number of anilines is 1. The van der Waals surface area contributed by atoms with Crippen molar-refractivity contribution in [2.45, 2.75) is 18.9 Å². The number of nitrogens with zero attached hydrogens (tertiary/aromatic N) is 1. The van der Waals surface area contributed by atoms with Gasteiger partial charge >= 0.3 is 0 Å². The number of nitro groups is 1. The molecule has 110 valence electrons. The van der Waals surface area contributed by atoms with E-state index in [1.807, 2.05) is 0 Å². The molecule has 0 saturated carbocycles. The van der Waals surface area contributed by atoms with Crippen LogP contribution < -0.4 is 10.6 Å². The number of rotatable bonds is 6. The van der Waals surface area contributed by atoms with Gasteiger partial charge in [0.2, 0.25) is 0 Å². The third-order valence-corrected chi connectivity index (χ3v) is 3.16. The van der Waals surface area contributed by atoms with Crippen molar-refractivity contribution in [2.24, 2.45) is 0 Å². The summed E-state index contributed by atoms with van der Waals surface area (Å²) in [6, 6.07) is 3.45. The van der Waals surface area contributed by atoms with Gasteiger partial charge in [-0.15, -0.1) is 0 Å². The molecule has 20 heavy (non-hydrogen) atoms. The van der Waals surface area contributed by atoms with E-state index in [4.69, 9.17) is 4.74 Å². The Morgan fingerprint density at radius 2 is 2.15 bits per heavy atom. The van der Waals surface area contributed by atoms with Crippen LogP contribution in [-0.2, 0) is 4.74 Å². The molecule has 1 aromatic carbocycles. The van der Waals surface area contributed by atoms with E-state index in [-0.39, 0.29) is 11.8 Å². The van der Waals surface area contributed by atoms with Crippen LogP contribution in [0.3, 0.4) is 0 Å². The Hall–Kier alpha value is -1.73. The van der Waals surface area contributed by atoms with Crippen LogP contribution in [0.5, 0.6) is 0 Å². The summed E-state index contributed by atoms with van der Waals surface area (Å²) in [6.07, 6.45) is 2.25. The number of piperidine rings is 1. The second-order valence-corrected chi connectivity index (χ2v) is 4.70. The molecule has 0 aromatic heterocycles. The molecule has 1 heterocycles. The van der Waals surface area contributed by atoms with Crippen LogP contribution in [0.4, 0.5) is 15.8 Å². The molecular weight excluding hydrogens is 265 g/mol. The molecule has 0 atom stereocenters. The molecule has 0 bridgehead atoms. The maximum atomic E-state index is 13.2. The molecule has 0 amide bonds. The number of hydrogen-bond donors (Lipinski definition) is 2.